The number of para-hydroxylation sites is 1. The number of anilines is 2. The third kappa shape index (κ3) is 5.01. The van der Waals surface area contributed by atoms with Crippen LogP contribution in [0.4, 0.5) is 11.6 Å². The Morgan fingerprint density at radius 1 is 0.862 bits per heavy atom. The number of aromatic nitrogens is 2. The monoisotopic (exact) mass is 389 g/mol. The van der Waals surface area contributed by atoms with Crippen molar-refractivity contribution in [3.05, 3.63) is 73.1 Å². The second kappa shape index (κ2) is 9.05. The molecule has 148 valence electrons. The predicted octanol–water partition coefficient (Wildman–Crippen LogP) is 3.03. The van der Waals surface area contributed by atoms with Gasteiger partial charge in [0.25, 0.3) is 0 Å². The molecule has 1 amide bonds. The van der Waals surface area contributed by atoms with Crippen molar-refractivity contribution in [3.63, 3.8) is 0 Å². The Morgan fingerprint density at radius 3 is 2.21 bits per heavy atom. The van der Waals surface area contributed by atoms with Crippen LogP contribution < -0.4 is 15.0 Å². The van der Waals surface area contributed by atoms with Gasteiger partial charge in [-0.15, -0.1) is 0 Å². The molecule has 7 heteroatoms. The summed E-state index contributed by atoms with van der Waals surface area (Å²) in [6, 6.07) is 19.0. The van der Waals surface area contributed by atoms with E-state index in [2.05, 4.69) is 20.2 Å². The Hall–Kier alpha value is -3.61. The third-order valence-corrected chi connectivity index (χ3v) is 4.74. The van der Waals surface area contributed by atoms with Gasteiger partial charge in [0.05, 0.1) is 6.54 Å². The minimum atomic E-state index is 0.0863. The highest BCUT2D eigenvalue weighted by molar-refractivity contribution is 5.81. The van der Waals surface area contributed by atoms with E-state index in [-0.39, 0.29) is 12.5 Å². The first-order chi connectivity index (χ1) is 14.3. The molecule has 1 fully saturated rings. The minimum absolute atomic E-state index is 0.0863. The van der Waals surface area contributed by atoms with Gasteiger partial charge in [0.15, 0.2) is 0 Å². The molecule has 2 heterocycles. The van der Waals surface area contributed by atoms with Crippen molar-refractivity contribution in [1.82, 2.24) is 14.9 Å². The van der Waals surface area contributed by atoms with E-state index in [0.29, 0.717) is 13.1 Å². The summed E-state index contributed by atoms with van der Waals surface area (Å²) >= 11 is 0. The topological polar surface area (TPSA) is 70.6 Å². The summed E-state index contributed by atoms with van der Waals surface area (Å²) in [5.41, 5.74) is 0.884. The van der Waals surface area contributed by atoms with Crippen LogP contribution in [0.5, 0.6) is 11.5 Å². The van der Waals surface area contributed by atoms with Crippen molar-refractivity contribution in [1.29, 1.82) is 0 Å². The SMILES string of the molecule is O=C(CNc1ccc(Oc2ccccc2)cc1)N1CCN(c2ncccn2)CC1. The third-order valence-electron chi connectivity index (χ3n) is 4.74. The van der Waals surface area contributed by atoms with E-state index in [4.69, 9.17) is 4.74 Å². The van der Waals surface area contributed by atoms with E-state index in [9.17, 15) is 4.79 Å². The van der Waals surface area contributed by atoms with Crippen molar-refractivity contribution in [2.75, 3.05) is 42.9 Å². The zero-order valence-electron chi connectivity index (χ0n) is 16.1. The molecule has 0 unspecified atom stereocenters. The molecule has 0 saturated carbocycles. The van der Waals surface area contributed by atoms with Gasteiger partial charge in [0.2, 0.25) is 11.9 Å². The van der Waals surface area contributed by atoms with Crippen molar-refractivity contribution >= 4 is 17.5 Å². The molecule has 1 aliphatic heterocycles. The number of hydrogen-bond acceptors (Lipinski definition) is 6. The Kier molecular flexibility index (Phi) is 5.85. The second-order valence-electron chi connectivity index (χ2n) is 6.71. The lowest BCUT2D eigenvalue weighted by Crippen LogP contribution is -2.50. The number of carbonyl (C=O) groups is 1. The number of piperazine rings is 1. The summed E-state index contributed by atoms with van der Waals surface area (Å²) < 4.78 is 5.78. The zero-order chi connectivity index (χ0) is 19.9. The van der Waals surface area contributed by atoms with Gasteiger partial charge >= 0.3 is 0 Å². The molecule has 1 saturated heterocycles. The molecule has 0 radical (unpaired) electrons. The fourth-order valence-electron chi connectivity index (χ4n) is 3.17. The minimum Gasteiger partial charge on any atom is -0.457 e. The Bertz CT molecular complexity index is 911. The maximum absolute atomic E-state index is 12.5. The van der Waals surface area contributed by atoms with E-state index in [1.165, 1.54) is 0 Å². The second-order valence-corrected chi connectivity index (χ2v) is 6.71. The lowest BCUT2D eigenvalue weighted by molar-refractivity contribution is -0.129. The summed E-state index contributed by atoms with van der Waals surface area (Å²) in [5.74, 6) is 2.36. The van der Waals surface area contributed by atoms with E-state index < -0.39 is 0 Å². The highest BCUT2D eigenvalue weighted by Gasteiger charge is 2.22. The standard InChI is InChI=1S/C22H23N5O2/c28-21(26-13-15-27(16-14-26)22-23-11-4-12-24-22)17-25-18-7-9-20(10-8-18)29-19-5-2-1-3-6-19/h1-12,25H,13-17H2. The number of amides is 1. The van der Waals surface area contributed by atoms with Crippen LogP contribution in [0.25, 0.3) is 0 Å². The normalized spacial score (nSPS) is 13.8. The average Bonchev–Trinajstić information content (AvgIpc) is 2.80. The first kappa shape index (κ1) is 18.7. The van der Waals surface area contributed by atoms with Crippen LogP contribution >= 0.6 is 0 Å². The molecular formula is C22H23N5O2. The summed E-state index contributed by atoms with van der Waals surface area (Å²) in [6.45, 7) is 3.08. The molecule has 4 rings (SSSR count). The molecule has 3 aromatic rings. The number of benzene rings is 2. The van der Waals surface area contributed by atoms with E-state index in [1.807, 2.05) is 59.5 Å². The first-order valence-corrected chi connectivity index (χ1v) is 9.64. The zero-order valence-corrected chi connectivity index (χ0v) is 16.1. The fraction of sp³-hybridized carbons (Fsp3) is 0.227. The molecule has 7 nitrogen and oxygen atoms in total. The Balaban J connectivity index is 1.23. The van der Waals surface area contributed by atoms with Gasteiger partial charge in [-0.1, -0.05) is 18.2 Å². The van der Waals surface area contributed by atoms with Crippen LogP contribution in [-0.4, -0.2) is 53.5 Å². The molecule has 0 spiro atoms. The maximum atomic E-state index is 12.5. The van der Waals surface area contributed by atoms with Gasteiger partial charge in [0.1, 0.15) is 11.5 Å². The smallest absolute Gasteiger partial charge is 0.241 e. The molecule has 2 aromatic carbocycles. The number of nitrogens with one attached hydrogen (secondary N) is 1. The van der Waals surface area contributed by atoms with Crippen molar-refractivity contribution in [3.8, 4) is 11.5 Å². The molecule has 1 N–H and O–H groups in total. The van der Waals surface area contributed by atoms with Gasteiger partial charge in [-0.25, -0.2) is 9.97 Å². The Morgan fingerprint density at radius 2 is 1.52 bits per heavy atom. The Labute approximate surface area is 170 Å². The highest BCUT2D eigenvalue weighted by Crippen LogP contribution is 2.22. The number of nitrogens with zero attached hydrogens (tertiary/aromatic N) is 4. The molecule has 0 bridgehead atoms. The fourth-order valence-corrected chi connectivity index (χ4v) is 3.17. The average molecular weight is 389 g/mol. The number of rotatable bonds is 6. The van der Waals surface area contributed by atoms with Crippen LogP contribution in [0.2, 0.25) is 0 Å². The summed E-state index contributed by atoms with van der Waals surface area (Å²) in [6.07, 6.45) is 3.47. The number of carbonyl (C=O) groups excluding carboxylic acids is 1. The predicted molar refractivity (Wildman–Crippen MR) is 112 cm³/mol. The lowest BCUT2D eigenvalue weighted by Gasteiger charge is -2.34. The summed E-state index contributed by atoms with van der Waals surface area (Å²) in [7, 11) is 0. The number of hydrogen-bond donors (Lipinski definition) is 1. The van der Waals surface area contributed by atoms with Gasteiger partial charge in [0, 0.05) is 44.3 Å². The number of ether oxygens (including phenoxy) is 1. The first-order valence-electron chi connectivity index (χ1n) is 9.64. The van der Waals surface area contributed by atoms with Crippen LogP contribution in [0.1, 0.15) is 0 Å². The largest absolute Gasteiger partial charge is 0.457 e. The van der Waals surface area contributed by atoms with Crippen LogP contribution in [0.3, 0.4) is 0 Å². The van der Waals surface area contributed by atoms with Crippen molar-refractivity contribution in [2.24, 2.45) is 0 Å². The van der Waals surface area contributed by atoms with Gasteiger partial charge < -0.3 is 19.9 Å². The molecule has 1 aliphatic rings. The van der Waals surface area contributed by atoms with Gasteiger partial charge in [-0.3, -0.25) is 4.79 Å². The molecule has 0 aliphatic carbocycles. The van der Waals surface area contributed by atoms with Gasteiger partial charge in [-0.05, 0) is 42.5 Å². The van der Waals surface area contributed by atoms with Crippen LogP contribution in [-0.2, 0) is 4.79 Å². The lowest BCUT2D eigenvalue weighted by atomic mass is 10.3. The molecule has 29 heavy (non-hydrogen) atoms. The van der Waals surface area contributed by atoms with Crippen LogP contribution in [0, 0.1) is 0 Å². The summed E-state index contributed by atoms with van der Waals surface area (Å²) in [5, 5.41) is 3.19. The molecule has 0 atom stereocenters. The van der Waals surface area contributed by atoms with E-state index >= 15 is 0 Å². The maximum Gasteiger partial charge on any atom is 0.241 e. The quantitative estimate of drug-likeness (QED) is 0.699. The molecule has 1 aromatic heterocycles. The van der Waals surface area contributed by atoms with Crippen molar-refractivity contribution < 1.29 is 9.53 Å². The molecular weight excluding hydrogens is 366 g/mol. The van der Waals surface area contributed by atoms with E-state index in [1.54, 1.807) is 18.5 Å². The van der Waals surface area contributed by atoms with Crippen LogP contribution in [0.15, 0.2) is 73.1 Å². The van der Waals surface area contributed by atoms with Gasteiger partial charge in [-0.2, -0.15) is 0 Å². The highest BCUT2D eigenvalue weighted by atomic mass is 16.5. The van der Waals surface area contributed by atoms with Crippen molar-refractivity contribution in [2.45, 2.75) is 0 Å². The summed E-state index contributed by atoms with van der Waals surface area (Å²) in [4.78, 5) is 25.0. The van der Waals surface area contributed by atoms with E-state index in [0.717, 1.165) is 36.2 Å².